The van der Waals surface area contributed by atoms with Crippen molar-refractivity contribution in [3.63, 3.8) is 0 Å². The zero-order valence-corrected chi connectivity index (χ0v) is 15.0. The Morgan fingerprint density at radius 1 is 1.42 bits per heavy atom. The van der Waals surface area contributed by atoms with Crippen LogP contribution in [0.25, 0.3) is 0 Å². The van der Waals surface area contributed by atoms with Crippen LogP contribution >= 0.6 is 11.6 Å². The highest BCUT2D eigenvalue weighted by molar-refractivity contribution is 6.30. The molecule has 1 saturated heterocycles. The van der Waals surface area contributed by atoms with Crippen molar-refractivity contribution in [2.45, 2.75) is 45.7 Å². The third-order valence-corrected chi connectivity index (χ3v) is 4.82. The number of benzene rings is 1. The van der Waals surface area contributed by atoms with Gasteiger partial charge in [-0.1, -0.05) is 11.6 Å². The molecule has 0 saturated carbocycles. The van der Waals surface area contributed by atoms with Crippen LogP contribution in [0.15, 0.2) is 18.2 Å². The van der Waals surface area contributed by atoms with Crippen LogP contribution in [0.1, 0.15) is 47.8 Å². The topological polar surface area (TPSA) is 56.2 Å². The van der Waals surface area contributed by atoms with E-state index in [0.29, 0.717) is 18.0 Å². The molecule has 2 aromatic rings. The number of methoxy groups -OCH3 is 1. The van der Waals surface area contributed by atoms with Gasteiger partial charge in [-0.15, -0.1) is 0 Å². The average Bonchev–Trinajstić information content (AvgIpc) is 2.81. The number of nitrogens with one attached hydrogen (secondary N) is 1. The van der Waals surface area contributed by atoms with Crippen molar-refractivity contribution in [2.24, 2.45) is 0 Å². The molecule has 1 N–H and O–H groups in total. The van der Waals surface area contributed by atoms with Crippen LogP contribution in [0, 0.1) is 13.8 Å². The summed E-state index contributed by atoms with van der Waals surface area (Å²) in [6.07, 6.45) is 2.49. The van der Waals surface area contributed by atoms with Gasteiger partial charge in [-0.05, 0) is 44.9 Å². The smallest absolute Gasteiger partial charge is 0.220 e. The maximum atomic E-state index is 11.7. The fourth-order valence-corrected chi connectivity index (χ4v) is 3.62. The third-order valence-electron chi connectivity index (χ3n) is 4.58. The van der Waals surface area contributed by atoms with Crippen LogP contribution < -0.4 is 10.1 Å². The third kappa shape index (κ3) is 3.26. The molecule has 1 aromatic heterocycles. The first-order valence-electron chi connectivity index (χ1n) is 8.15. The molecule has 1 fully saturated rings. The lowest BCUT2D eigenvalue weighted by atomic mass is 9.96. The van der Waals surface area contributed by atoms with Crippen LogP contribution in [0.5, 0.6) is 5.75 Å². The van der Waals surface area contributed by atoms with E-state index in [2.05, 4.69) is 10.4 Å². The Morgan fingerprint density at radius 2 is 2.21 bits per heavy atom. The van der Waals surface area contributed by atoms with E-state index in [-0.39, 0.29) is 11.9 Å². The molecule has 1 aliphatic heterocycles. The van der Waals surface area contributed by atoms with Gasteiger partial charge in [-0.3, -0.25) is 9.48 Å². The largest absolute Gasteiger partial charge is 0.496 e. The Bertz CT molecular complexity index is 770. The van der Waals surface area contributed by atoms with E-state index < -0.39 is 0 Å². The first kappa shape index (κ1) is 16.8. The number of nitrogens with zero attached hydrogens (tertiary/aromatic N) is 2. The molecule has 5 nitrogen and oxygen atoms in total. The van der Waals surface area contributed by atoms with Crippen molar-refractivity contribution in [3.05, 3.63) is 45.7 Å². The van der Waals surface area contributed by atoms with E-state index in [4.69, 9.17) is 16.3 Å². The van der Waals surface area contributed by atoms with Gasteiger partial charge in [-0.2, -0.15) is 5.10 Å². The molecule has 128 valence electrons. The maximum Gasteiger partial charge on any atom is 0.220 e. The Labute approximate surface area is 147 Å². The van der Waals surface area contributed by atoms with Gasteiger partial charge in [0.2, 0.25) is 5.91 Å². The molecule has 24 heavy (non-hydrogen) atoms. The number of ether oxygens (including phenoxy) is 1. The summed E-state index contributed by atoms with van der Waals surface area (Å²) in [5.74, 6) is 0.911. The first-order chi connectivity index (χ1) is 11.5. The van der Waals surface area contributed by atoms with Gasteiger partial charge in [0.15, 0.2) is 0 Å². The van der Waals surface area contributed by atoms with Crippen molar-refractivity contribution in [1.29, 1.82) is 0 Å². The van der Waals surface area contributed by atoms with E-state index in [0.717, 1.165) is 41.1 Å². The standard InChI is InChI=1S/C18H22ClN3O2/c1-11-18(15-5-4-6-17(23)20-15)12(2)22(21-11)10-13-9-14(19)7-8-16(13)24-3/h7-9,15H,4-6,10H2,1-3H3,(H,20,23)/t15-/m0/s1. The van der Waals surface area contributed by atoms with Crippen LogP contribution in [0.3, 0.4) is 0 Å². The van der Waals surface area contributed by atoms with E-state index >= 15 is 0 Å². The van der Waals surface area contributed by atoms with Crippen LogP contribution in [-0.4, -0.2) is 22.8 Å². The second-order valence-corrected chi connectivity index (χ2v) is 6.65. The number of rotatable bonds is 4. The highest BCUT2D eigenvalue weighted by Gasteiger charge is 2.25. The lowest BCUT2D eigenvalue weighted by molar-refractivity contribution is -0.123. The van der Waals surface area contributed by atoms with Crippen LogP contribution in [0.4, 0.5) is 0 Å². The highest BCUT2D eigenvalue weighted by atomic mass is 35.5. The molecule has 1 aliphatic rings. The summed E-state index contributed by atoms with van der Waals surface area (Å²) in [5.41, 5.74) is 4.14. The molecule has 0 unspecified atom stereocenters. The van der Waals surface area contributed by atoms with Gasteiger partial charge in [0, 0.05) is 28.3 Å². The highest BCUT2D eigenvalue weighted by Crippen LogP contribution is 2.30. The minimum absolute atomic E-state index is 0.0567. The first-order valence-corrected chi connectivity index (χ1v) is 8.53. The van der Waals surface area contributed by atoms with Crippen molar-refractivity contribution >= 4 is 17.5 Å². The normalized spacial score (nSPS) is 17.7. The number of hydrogen-bond donors (Lipinski definition) is 1. The molecule has 0 spiro atoms. The Kier molecular flexibility index (Phi) is 4.81. The van der Waals surface area contributed by atoms with Crippen molar-refractivity contribution in [2.75, 3.05) is 7.11 Å². The number of aryl methyl sites for hydroxylation is 1. The molecule has 2 heterocycles. The molecular weight excluding hydrogens is 326 g/mol. The molecule has 0 bridgehead atoms. The summed E-state index contributed by atoms with van der Waals surface area (Å²) in [7, 11) is 1.65. The molecular formula is C18H22ClN3O2. The number of hydrogen-bond acceptors (Lipinski definition) is 3. The quantitative estimate of drug-likeness (QED) is 0.920. The zero-order valence-electron chi connectivity index (χ0n) is 14.2. The van der Waals surface area contributed by atoms with Gasteiger partial charge in [0.25, 0.3) is 0 Å². The molecule has 0 aliphatic carbocycles. The number of amides is 1. The van der Waals surface area contributed by atoms with E-state index in [9.17, 15) is 4.79 Å². The average molecular weight is 348 g/mol. The van der Waals surface area contributed by atoms with E-state index in [1.54, 1.807) is 7.11 Å². The number of aromatic nitrogens is 2. The SMILES string of the molecule is COc1ccc(Cl)cc1Cn1nc(C)c([C@@H]2CCCC(=O)N2)c1C. The zero-order chi connectivity index (χ0) is 17.3. The fourth-order valence-electron chi connectivity index (χ4n) is 3.42. The molecule has 1 amide bonds. The number of halogens is 1. The van der Waals surface area contributed by atoms with Crippen LogP contribution in [0.2, 0.25) is 5.02 Å². The summed E-state index contributed by atoms with van der Waals surface area (Å²) in [4.78, 5) is 11.7. The van der Waals surface area contributed by atoms with Gasteiger partial charge >= 0.3 is 0 Å². The molecule has 3 rings (SSSR count). The van der Waals surface area contributed by atoms with Gasteiger partial charge in [0.05, 0.1) is 25.4 Å². The predicted octanol–water partition coefficient (Wildman–Crippen LogP) is 3.55. The summed E-state index contributed by atoms with van der Waals surface area (Å²) >= 11 is 6.12. The fraction of sp³-hybridized carbons (Fsp3) is 0.444. The van der Waals surface area contributed by atoms with Crippen molar-refractivity contribution < 1.29 is 9.53 Å². The summed E-state index contributed by atoms with van der Waals surface area (Å²) < 4.78 is 7.38. The molecule has 0 radical (unpaired) electrons. The Morgan fingerprint density at radius 3 is 2.92 bits per heavy atom. The molecule has 1 aromatic carbocycles. The lowest BCUT2D eigenvalue weighted by Crippen LogP contribution is -2.33. The minimum atomic E-state index is 0.0567. The summed E-state index contributed by atoms with van der Waals surface area (Å²) in [6.45, 7) is 4.62. The van der Waals surface area contributed by atoms with Crippen LogP contribution in [-0.2, 0) is 11.3 Å². The van der Waals surface area contributed by atoms with Gasteiger partial charge < -0.3 is 10.1 Å². The number of carbonyl (C=O) groups excluding carboxylic acids is 1. The Hall–Kier alpha value is -2.01. The van der Waals surface area contributed by atoms with E-state index in [1.165, 1.54) is 0 Å². The van der Waals surface area contributed by atoms with Gasteiger partial charge in [-0.25, -0.2) is 0 Å². The predicted molar refractivity (Wildman–Crippen MR) is 93.5 cm³/mol. The second-order valence-electron chi connectivity index (χ2n) is 6.21. The lowest BCUT2D eigenvalue weighted by Gasteiger charge is -2.24. The number of piperidine rings is 1. The van der Waals surface area contributed by atoms with Crippen molar-refractivity contribution in [1.82, 2.24) is 15.1 Å². The summed E-state index contributed by atoms with van der Waals surface area (Å²) in [5, 5.41) is 8.44. The maximum absolute atomic E-state index is 11.7. The summed E-state index contributed by atoms with van der Waals surface area (Å²) in [6, 6.07) is 5.64. The Balaban J connectivity index is 1.92. The minimum Gasteiger partial charge on any atom is -0.496 e. The van der Waals surface area contributed by atoms with Gasteiger partial charge in [0.1, 0.15) is 5.75 Å². The molecule has 1 atom stereocenters. The van der Waals surface area contributed by atoms with E-state index in [1.807, 2.05) is 36.7 Å². The molecule has 6 heteroatoms. The monoisotopic (exact) mass is 347 g/mol. The van der Waals surface area contributed by atoms with Crippen molar-refractivity contribution in [3.8, 4) is 5.75 Å². The second kappa shape index (κ2) is 6.85. The number of carbonyl (C=O) groups is 1.